The molecule has 1 aromatic carbocycles. The topological polar surface area (TPSA) is 32.3 Å². The first-order chi connectivity index (χ1) is 8.83. The van der Waals surface area contributed by atoms with Gasteiger partial charge in [-0.25, -0.2) is 0 Å². The highest BCUT2D eigenvalue weighted by Crippen LogP contribution is 2.26. The lowest BCUT2D eigenvalue weighted by atomic mass is 9.82. The Hall–Kier alpha value is -1.35. The molecule has 104 valence electrons. The summed E-state index contributed by atoms with van der Waals surface area (Å²) in [6, 6.07) is 10.0. The quantitative estimate of drug-likeness (QED) is 0.884. The summed E-state index contributed by atoms with van der Waals surface area (Å²) in [5.41, 5.74) is 0.617. The predicted octanol–water partition coefficient (Wildman–Crippen LogP) is 2.17. The lowest BCUT2D eigenvalue weighted by Gasteiger charge is -2.42. The minimum absolute atomic E-state index is 0.000672. The maximum atomic E-state index is 12.8. The Morgan fingerprint density at radius 1 is 1.26 bits per heavy atom. The van der Waals surface area contributed by atoms with E-state index in [4.69, 9.17) is 0 Å². The second-order valence-electron chi connectivity index (χ2n) is 6.53. The van der Waals surface area contributed by atoms with Crippen molar-refractivity contribution in [2.24, 2.45) is 0 Å². The number of nitrogens with one attached hydrogen (secondary N) is 1. The van der Waals surface area contributed by atoms with Gasteiger partial charge in [-0.05, 0) is 33.3 Å². The molecule has 0 aliphatic carbocycles. The van der Waals surface area contributed by atoms with Crippen LogP contribution in [-0.2, 0) is 10.2 Å². The first kappa shape index (κ1) is 14.1. The molecule has 3 heteroatoms. The fourth-order valence-corrected chi connectivity index (χ4v) is 2.69. The average molecular weight is 260 g/mol. The standard InChI is InChI=1S/C16H24N2O/c1-15(2)12-18(11-10-17-15)14(19)16(3,4)13-8-6-5-7-9-13/h5-9,17H,10-12H2,1-4H3. The van der Waals surface area contributed by atoms with Crippen molar-refractivity contribution in [1.29, 1.82) is 0 Å². The Balaban J connectivity index is 2.19. The maximum Gasteiger partial charge on any atom is 0.232 e. The van der Waals surface area contributed by atoms with Crippen molar-refractivity contribution in [3.05, 3.63) is 35.9 Å². The highest BCUT2D eigenvalue weighted by Gasteiger charge is 2.37. The van der Waals surface area contributed by atoms with E-state index in [9.17, 15) is 4.79 Å². The SMILES string of the molecule is CC1(C)CN(C(=O)C(C)(C)c2ccccc2)CCN1. The second-order valence-corrected chi connectivity index (χ2v) is 6.53. The van der Waals surface area contributed by atoms with Crippen molar-refractivity contribution in [1.82, 2.24) is 10.2 Å². The zero-order valence-corrected chi connectivity index (χ0v) is 12.4. The third kappa shape index (κ3) is 2.98. The van der Waals surface area contributed by atoms with Gasteiger partial charge in [0.05, 0.1) is 5.41 Å². The number of piperazine rings is 1. The van der Waals surface area contributed by atoms with E-state index in [1.54, 1.807) is 0 Å². The summed E-state index contributed by atoms with van der Waals surface area (Å²) in [5, 5.41) is 3.44. The molecule has 3 nitrogen and oxygen atoms in total. The van der Waals surface area contributed by atoms with Gasteiger partial charge in [0, 0.05) is 25.2 Å². The molecule has 0 atom stereocenters. The van der Waals surface area contributed by atoms with Crippen LogP contribution in [0.15, 0.2) is 30.3 Å². The third-order valence-electron chi connectivity index (χ3n) is 3.89. The van der Waals surface area contributed by atoms with E-state index in [0.29, 0.717) is 0 Å². The second kappa shape index (κ2) is 4.97. The fourth-order valence-electron chi connectivity index (χ4n) is 2.69. The van der Waals surface area contributed by atoms with Crippen LogP contribution in [0, 0.1) is 0 Å². The molecule has 1 aromatic rings. The smallest absolute Gasteiger partial charge is 0.232 e. The van der Waals surface area contributed by atoms with Gasteiger partial charge in [-0.15, -0.1) is 0 Å². The van der Waals surface area contributed by atoms with Crippen molar-refractivity contribution in [2.75, 3.05) is 19.6 Å². The number of amides is 1. The van der Waals surface area contributed by atoms with Crippen molar-refractivity contribution in [3.63, 3.8) is 0 Å². The lowest BCUT2D eigenvalue weighted by molar-refractivity contribution is -0.138. The van der Waals surface area contributed by atoms with Crippen molar-refractivity contribution >= 4 is 5.91 Å². The van der Waals surface area contributed by atoms with E-state index < -0.39 is 5.41 Å². The fraction of sp³-hybridized carbons (Fsp3) is 0.562. The molecule has 2 rings (SSSR count). The Kier molecular flexibility index (Phi) is 3.68. The lowest BCUT2D eigenvalue weighted by Crippen LogP contribution is -2.60. The predicted molar refractivity (Wildman–Crippen MR) is 78.1 cm³/mol. The monoisotopic (exact) mass is 260 g/mol. The van der Waals surface area contributed by atoms with Crippen LogP contribution in [0.2, 0.25) is 0 Å². The van der Waals surface area contributed by atoms with Crippen LogP contribution >= 0.6 is 0 Å². The van der Waals surface area contributed by atoms with Crippen LogP contribution in [0.25, 0.3) is 0 Å². The van der Waals surface area contributed by atoms with Gasteiger partial charge in [-0.3, -0.25) is 4.79 Å². The number of hydrogen-bond donors (Lipinski definition) is 1. The molecule has 19 heavy (non-hydrogen) atoms. The van der Waals surface area contributed by atoms with Gasteiger partial charge in [0.25, 0.3) is 0 Å². The zero-order valence-electron chi connectivity index (χ0n) is 12.4. The molecule has 1 heterocycles. The molecular formula is C16H24N2O. The van der Waals surface area contributed by atoms with Gasteiger partial charge in [0.15, 0.2) is 0 Å². The first-order valence-corrected chi connectivity index (χ1v) is 6.93. The Morgan fingerprint density at radius 2 is 1.89 bits per heavy atom. The summed E-state index contributed by atoms with van der Waals surface area (Å²) in [6.45, 7) is 10.7. The summed E-state index contributed by atoms with van der Waals surface area (Å²) < 4.78 is 0. The summed E-state index contributed by atoms with van der Waals surface area (Å²) in [7, 11) is 0. The molecule has 0 bridgehead atoms. The molecular weight excluding hydrogens is 236 g/mol. The number of nitrogens with zero attached hydrogens (tertiary/aromatic N) is 1. The third-order valence-corrected chi connectivity index (χ3v) is 3.89. The molecule has 1 N–H and O–H groups in total. The molecule has 0 radical (unpaired) electrons. The van der Waals surface area contributed by atoms with E-state index in [0.717, 1.165) is 25.2 Å². The Morgan fingerprint density at radius 3 is 2.47 bits per heavy atom. The maximum absolute atomic E-state index is 12.8. The normalized spacial score (nSPS) is 19.3. The molecule has 0 saturated carbocycles. The highest BCUT2D eigenvalue weighted by atomic mass is 16.2. The van der Waals surface area contributed by atoms with Crippen molar-refractivity contribution in [3.8, 4) is 0 Å². The molecule has 1 saturated heterocycles. The zero-order chi connectivity index (χ0) is 14.1. The van der Waals surface area contributed by atoms with E-state index >= 15 is 0 Å². The van der Waals surface area contributed by atoms with Crippen LogP contribution in [0.3, 0.4) is 0 Å². The van der Waals surface area contributed by atoms with Gasteiger partial charge in [0.2, 0.25) is 5.91 Å². The summed E-state index contributed by atoms with van der Waals surface area (Å²) in [5.74, 6) is 0.216. The van der Waals surface area contributed by atoms with Gasteiger partial charge >= 0.3 is 0 Å². The molecule has 0 aromatic heterocycles. The molecule has 1 aliphatic rings. The van der Waals surface area contributed by atoms with E-state index in [-0.39, 0.29) is 11.4 Å². The number of carbonyl (C=O) groups is 1. The molecule has 0 unspecified atom stereocenters. The van der Waals surface area contributed by atoms with Crippen LogP contribution < -0.4 is 5.32 Å². The highest BCUT2D eigenvalue weighted by molar-refractivity contribution is 5.87. The molecule has 0 spiro atoms. The van der Waals surface area contributed by atoms with E-state index in [2.05, 4.69) is 19.2 Å². The Bertz CT molecular complexity index is 451. The molecule has 1 aliphatic heterocycles. The van der Waals surface area contributed by atoms with Gasteiger partial charge < -0.3 is 10.2 Å². The summed E-state index contributed by atoms with van der Waals surface area (Å²) in [4.78, 5) is 14.8. The van der Waals surface area contributed by atoms with Crippen molar-refractivity contribution < 1.29 is 4.79 Å². The van der Waals surface area contributed by atoms with Gasteiger partial charge in [-0.2, -0.15) is 0 Å². The van der Waals surface area contributed by atoms with E-state index in [1.807, 2.05) is 49.1 Å². The van der Waals surface area contributed by atoms with Crippen LogP contribution in [-0.4, -0.2) is 36.0 Å². The molecule has 1 amide bonds. The van der Waals surface area contributed by atoms with Crippen molar-refractivity contribution in [2.45, 2.75) is 38.6 Å². The van der Waals surface area contributed by atoms with E-state index in [1.165, 1.54) is 0 Å². The summed E-state index contributed by atoms with van der Waals surface area (Å²) >= 11 is 0. The van der Waals surface area contributed by atoms with Gasteiger partial charge in [0.1, 0.15) is 0 Å². The Labute approximate surface area is 116 Å². The van der Waals surface area contributed by atoms with Gasteiger partial charge in [-0.1, -0.05) is 30.3 Å². The number of benzene rings is 1. The number of rotatable bonds is 2. The van der Waals surface area contributed by atoms with Crippen LogP contribution in [0.4, 0.5) is 0 Å². The van der Waals surface area contributed by atoms with Crippen LogP contribution in [0.5, 0.6) is 0 Å². The molecule has 1 fully saturated rings. The minimum Gasteiger partial charge on any atom is -0.339 e. The first-order valence-electron chi connectivity index (χ1n) is 6.93. The van der Waals surface area contributed by atoms with Crippen LogP contribution in [0.1, 0.15) is 33.3 Å². The minimum atomic E-state index is -0.464. The number of carbonyl (C=O) groups excluding carboxylic acids is 1. The average Bonchev–Trinajstić information content (AvgIpc) is 2.37. The largest absolute Gasteiger partial charge is 0.339 e. The summed E-state index contributed by atoms with van der Waals surface area (Å²) in [6.07, 6.45) is 0. The number of hydrogen-bond acceptors (Lipinski definition) is 2.